The summed E-state index contributed by atoms with van der Waals surface area (Å²) >= 11 is 0. The predicted molar refractivity (Wildman–Crippen MR) is 88.6 cm³/mol. The number of carbonyl (C=O) groups excluding carboxylic acids is 1. The second-order valence-electron chi connectivity index (χ2n) is 5.93. The lowest BCUT2D eigenvalue weighted by atomic mass is 10.2. The van der Waals surface area contributed by atoms with Gasteiger partial charge in [-0.15, -0.1) is 0 Å². The molecule has 1 aromatic heterocycles. The van der Waals surface area contributed by atoms with Crippen LogP contribution in [-0.2, 0) is 4.79 Å². The number of rotatable bonds is 6. The summed E-state index contributed by atoms with van der Waals surface area (Å²) in [6.07, 6.45) is 0.853. The maximum atomic E-state index is 13.5. The van der Waals surface area contributed by atoms with Crippen molar-refractivity contribution >= 4 is 5.91 Å². The Balaban J connectivity index is 1.42. The smallest absolute Gasteiger partial charge is 0.260 e. The first-order valence-corrected chi connectivity index (χ1v) is 8.22. The van der Waals surface area contributed by atoms with Gasteiger partial charge in [0.1, 0.15) is 11.9 Å². The number of hydrogen-bond acceptors (Lipinski definition) is 5. The molecule has 1 fully saturated rings. The fourth-order valence-corrected chi connectivity index (χ4v) is 2.79. The van der Waals surface area contributed by atoms with Gasteiger partial charge >= 0.3 is 0 Å². The number of hydrogen-bond donors (Lipinski definition) is 1. The Morgan fingerprint density at radius 2 is 1.96 bits per heavy atom. The molecule has 0 bridgehead atoms. The molecule has 1 saturated heterocycles. The Bertz CT molecular complexity index is 684. The third kappa shape index (κ3) is 4.58. The van der Waals surface area contributed by atoms with Gasteiger partial charge in [-0.05, 0) is 24.3 Å². The van der Waals surface area contributed by atoms with Crippen LogP contribution in [-0.4, -0.2) is 60.1 Å². The summed E-state index contributed by atoms with van der Waals surface area (Å²) in [4.78, 5) is 16.0. The highest BCUT2D eigenvalue weighted by atomic mass is 19.1. The lowest BCUT2D eigenvalue weighted by molar-refractivity contribution is -0.135. The second-order valence-corrected chi connectivity index (χ2v) is 5.93. The molecule has 1 amide bonds. The van der Waals surface area contributed by atoms with Crippen molar-refractivity contribution in [3.05, 3.63) is 54.2 Å². The first-order valence-electron chi connectivity index (χ1n) is 8.22. The molecule has 1 aromatic carbocycles. The van der Waals surface area contributed by atoms with Gasteiger partial charge in [0.2, 0.25) is 0 Å². The van der Waals surface area contributed by atoms with Crippen molar-refractivity contribution in [2.45, 2.75) is 6.10 Å². The van der Waals surface area contributed by atoms with Gasteiger partial charge in [-0.2, -0.15) is 0 Å². The van der Waals surface area contributed by atoms with Gasteiger partial charge in [0.15, 0.2) is 18.2 Å². The van der Waals surface area contributed by atoms with Gasteiger partial charge < -0.3 is 19.2 Å². The number of piperazine rings is 1. The van der Waals surface area contributed by atoms with Crippen LogP contribution in [0.4, 0.5) is 4.39 Å². The van der Waals surface area contributed by atoms with E-state index in [4.69, 9.17) is 9.15 Å². The molecule has 1 aliphatic rings. The van der Waals surface area contributed by atoms with Gasteiger partial charge in [-0.1, -0.05) is 12.1 Å². The number of halogens is 1. The van der Waals surface area contributed by atoms with Gasteiger partial charge in [0.25, 0.3) is 5.91 Å². The number of nitrogens with zero attached hydrogens (tertiary/aromatic N) is 2. The lowest BCUT2D eigenvalue weighted by Crippen LogP contribution is -2.50. The zero-order valence-electron chi connectivity index (χ0n) is 13.8. The number of carbonyl (C=O) groups is 1. The maximum Gasteiger partial charge on any atom is 0.260 e. The van der Waals surface area contributed by atoms with E-state index in [0.29, 0.717) is 38.5 Å². The van der Waals surface area contributed by atoms with Crippen LogP contribution in [0, 0.1) is 5.82 Å². The normalized spacial score (nSPS) is 16.6. The van der Waals surface area contributed by atoms with Crippen LogP contribution in [0.3, 0.4) is 0 Å². The van der Waals surface area contributed by atoms with Crippen molar-refractivity contribution in [3.63, 3.8) is 0 Å². The minimum absolute atomic E-state index is 0.0797. The molecule has 0 radical (unpaired) electrons. The van der Waals surface area contributed by atoms with Crippen molar-refractivity contribution in [1.82, 2.24) is 9.80 Å². The van der Waals surface area contributed by atoms with Crippen LogP contribution < -0.4 is 4.74 Å². The molecule has 134 valence electrons. The number of aliphatic hydroxyl groups is 1. The van der Waals surface area contributed by atoms with Gasteiger partial charge in [-0.3, -0.25) is 9.69 Å². The van der Waals surface area contributed by atoms with Crippen LogP contribution in [0.25, 0.3) is 0 Å². The predicted octanol–water partition coefficient (Wildman–Crippen LogP) is 1.68. The van der Waals surface area contributed by atoms with Gasteiger partial charge in [0, 0.05) is 32.7 Å². The van der Waals surface area contributed by atoms with Crippen molar-refractivity contribution < 1.29 is 23.4 Å². The first kappa shape index (κ1) is 17.4. The van der Waals surface area contributed by atoms with Crippen molar-refractivity contribution in [3.8, 4) is 5.75 Å². The van der Waals surface area contributed by atoms with E-state index in [1.165, 1.54) is 18.4 Å². The van der Waals surface area contributed by atoms with Crippen molar-refractivity contribution in [2.24, 2.45) is 0 Å². The standard InChI is InChI=1S/C18H21FN2O4/c19-14-4-1-2-5-16(14)25-13-18(23)21-9-7-20(8-10-21)12-15(22)17-6-3-11-24-17/h1-6,11,15,22H,7-10,12-13H2/t15-/m1/s1. The highest BCUT2D eigenvalue weighted by molar-refractivity contribution is 5.77. The molecule has 7 heteroatoms. The summed E-state index contributed by atoms with van der Waals surface area (Å²) in [5.41, 5.74) is 0. The summed E-state index contributed by atoms with van der Waals surface area (Å²) in [6, 6.07) is 9.50. The quantitative estimate of drug-likeness (QED) is 0.860. The minimum atomic E-state index is -0.679. The average molecular weight is 348 g/mol. The van der Waals surface area contributed by atoms with E-state index in [-0.39, 0.29) is 18.3 Å². The molecule has 0 spiro atoms. The van der Waals surface area contributed by atoms with E-state index in [1.54, 1.807) is 29.2 Å². The molecular formula is C18H21FN2O4. The Morgan fingerprint density at radius 3 is 2.64 bits per heavy atom. The van der Waals surface area contributed by atoms with Crippen LogP contribution in [0.2, 0.25) is 0 Å². The summed E-state index contributed by atoms with van der Waals surface area (Å²) in [5, 5.41) is 10.1. The molecule has 25 heavy (non-hydrogen) atoms. The van der Waals surface area contributed by atoms with Crippen LogP contribution in [0.15, 0.2) is 47.1 Å². The molecule has 2 aromatic rings. The zero-order chi connectivity index (χ0) is 17.6. The molecule has 0 unspecified atom stereocenters. The fraction of sp³-hybridized carbons (Fsp3) is 0.389. The molecule has 0 aliphatic carbocycles. The average Bonchev–Trinajstić information content (AvgIpc) is 3.16. The van der Waals surface area contributed by atoms with Gasteiger partial charge in [0.05, 0.1) is 6.26 Å². The summed E-state index contributed by atoms with van der Waals surface area (Å²) < 4.78 is 23.9. The largest absolute Gasteiger partial charge is 0.481 e. The Kier molecular flexibility index (Phi) is 5.67. The minimum Gasteiger partial charge on any atom is -0.481 e. The number of aliphatic hydroxyl groups excluding tert-OH is 1. The van der Waals surface area contributed by atoms with Crippen molar-refractivity contribution in [1.29, 1.82) is 0 Å². The van der Waals surface area contributed by atoms with E-state index >= 15 is 0 Å². The molecule has 6 nitrogen and oxygen atoms in total. The molecule has 3 rings (SSSR count). The van der Waals surface area contributed by atoms with E-state index in [0.717, 1.165) is 0 Å². The number of furan rings is 1. The molecule has 1 N–H and O–H groups in total. The Hall–Kier alpha value is -2.38. The topological polar surface area (TPSA) is 66.2 Å². The number of β-amino-alcohol motifs (C(OH)–C–C–N with tert-alkyl or cyclic N) is 1. The highest BCUT2D eigenvalue weighted by Crippen LogP contribution is 2.17. The van der Waals surface area contributed by atoms with Crippen LogP contribution in [0.1, 0.15) is 11.9 Å². The summed E-state index contributed by atoms with van der Waals surface area (Å²) in [6.45, 7) is 2.68. The van der Waals surface area contributed by atoms with E-state index in [2.05, 4.69) is 4.90 Å². The third-order valence-electron chi connectivity index (χ3n) is 4.22. The molecule has 1 aliphatic heterocycles. The number of amides is 1. The molecule has 1 atom stereocenters. The zero-order valence-corrected chi connectivity index (χ0v) is 13.8. The highest BCUT2D eigenvalue weighted by Gasteiger charge is 2.24. The van der Waals surface area contributed by atoms with Gasteiger partial charge in [-0.25, -0.2) is 4.39 Å². The first-order chi connectivity index (χ1) is 12.1. The fourth-order valence-electron chi connectivity index (χ4n) is 2.79. The summed E-state index contributed by atoms with van der Waals surface area (Å²) in [5.74, 6) is -0.0330. The number of ether oxygens (including phenoxy) is 1. The maximum absolute atomic E-state index is 13.5. The number of benzene rings is 1. The second kappa shape index (κ2) is 8.13. The van der Waals surface area contributed by atoms with Crippen LogP contribution >= 0.6 is 0 Å². The summed E-state index contributed by atoms with van der Waals surface area (Å²) in [7, 11) is 0. The SMILES string of the molecule is O=C(COc1ccccc1F)N1CCN(C[C@@H](O)c2ccco2)CC1. The molecule has 0 saturated carbocycles. The molecule has 2 heterocycles. The van der Waals surface area contributed by atoms with E-state index in [9.17, 15) is 14.3 Å². The Labute approximate surface area is 145 Å². The molecular weight excluding hydrogens is 327 g/mol. The number of para-hydroxylation sites is 1. The Morgan fingerprint density at radius 1 is 1.20 bits per heavy atom. The van der Waals surface area contributed by atoms with Crippen LogP contribution in [0.5, 0.6) is 5.75 Å². The third-order valence-corrected chi connectivity index (χ3v) is 4.22. The lowest BCUT2D eigenvalue weighted by Gasteiger charge is -2.35. The van der Waals surface area contributed by atoms with Crippen molar-refractivity contribution in [2.75, 3.05) is 39.3 Å². The van der Waals surface area contributed by atoms with E-state index < -0.39 is 11.9 Å². The van der Waals surface area contributed by atoms with E-state index in [1.807, 2.05) is 0 Å². The monoisotopic (exact) mass is 348 g/mol.